The van der Waals surface area contributed by atoms with Crippen LogP contribution in [0.4, 0.5) is 13.6 Å². The van der Waals surface area contributed by atoms with Gasteiger partial charge in [0.05, 0.1) is 0 Å². The van der Waals surface area contributed by atoms with Gasteiger partial charge in [0.15, 0.2) is 11.6 Å². The number of halogens is 2. The summed E-state index contributed by atoms with van der Waals surface area (Å²) in [6.45, 7) is 4.02. The average molecular weight is 351 g/mol. The highest BCUT2D eigenvalue weighted by atomic mass is 19.2. The van der Waals surface area contributed by atoms with Crippen LogP contribution in [0, 0.1) is 11.6 Å². The number of amides is 4. The minimum Gasteiger partial charge on any atom is -0.338 e. The van der Waals surface area contributed by atoms with Crippen molar-refractivity contribution in [1.82, 2.24) is 15.1 Å². The lowest BCUT2D eigenvalue weighted by atomic mass is 9.87. The van der Waals surface area contributed by atoms with Gasteiger partial charge in [0, 0.05) is 24.7 Å². The van der Waals surface area contributed by atoms with Crippen LogP contribution < -0.4 is 5.32 Å². The summed E-state index contributed by atoms with van der Waals surface area (Å²) in [6.07, 6.45) is 0.576. The third-order valence-corrected chi connectivity index (χ3v) is 4.78. The van der Waals surface area contributed by atoms with E-state index in [1.54, 1.807) is 13.8 Å². The van der Waals surface area contributed by atoms with Crippen LogP contribution in [0.25, 0.3) is 0 Å². The van der Waals surface area contributed by atoms with Crippen molar-refractivity contribution in [1.29, 1.82) is 0 Å². The zero-order chi connectivity index (χ0) is 18.4. The Hall–Kier alpha value is -2.51. The van der Waals surface area contributed by atoms with E-state index in [2.05, 4.69) is 5.32 Å². The highest BCUT2D eigenvalue weighted by Crippen LogP contribution is 2.31. The molecule has 4 amide bonds. The molecule has 1 aromatic carbocycles. The van der Waals surface area contributed by atoms with Crippen molar-refractivity contribution in [3.63, 3.8) is 0 Å². The fraction of sp³-hybridized carbons (Fsp3) is 0.471. The first-order valence-corrected chi connectivity index (χ1v) is 8.15. The van der Waals surface area contributed by atoms with Crippen LogP contribution in [0.3, 0.4) is 0 Å². The number of piperidine rings is 1. The Balaban J connectivity index is 1.71. The second kappa shape index (κ2) is 6.09. The van der Waals surface area contributed by atoms with E-state index in [0.717, 1.165) is 12.1 Å². The standard InChI is InChI=1S/C17H19F2N3O3/c1-10(2)22-15(24)17(20-16(22)25)5-7-21(8-6-17)14(23)11-3-4-12(18)13(19)9-11/h3-4,9-10H,5-8H2,1-2H3,(H,20,25). The fourth-order valence-corrected chi connectivity index (χ4v) is 3.35. The highest BCUT2D eigenvalue weighted by Gasteiger charge is 2.53. The lowest BCUT2D eigenvalue weighted by Crippen LogP contribution is -2.56. The van der Waals surface area contributed by atoms with Gasteiger partial charge in [-0.3, -0.25) is 14.5 Å². The second-order valence-corrected chi connectivity index (χ2v) is 6.70. The zero-order valence-corrected chi connectivity index (χ0v) is 14.0. The van der Waals surface area contributed by atoms with Gasteiger partial charge in [-0.25, -0.2) is 13.6 Å². The van der Waals surface area contributed by atoms with E-state index in [1.165, 1.54) is 15.9 Å². The Morgan fingerprint density at radius 1 is 1.16 bits per heavy atom. The maximum absolute atomic E-state index is 13.3. The Morgan fingerprint density at radius 2 is 1.80 bits per heavy atom. The third kappa shape index (κ3) is 2.85. The molecule has 1 aromatic rings. The Kier molecular flexibility index (Phi) is 4.22. The van der Waals surface area contributed by atoms with Gasteiger partial charge >= 0.3 is 6.03 Å². The predicted octanol–water partition coefficient (Wildman–Crippen LogP) is 1.90. The summed E-state index contributed by atoms with van der Waals surface area (Å²) in [4.78, 5) is 39.8. The van der Waals surface area contributed by atoms with Crippen LogP contribution in [-0.4, -0.2) is 52.3 Å². The summed E-state index contributed by atoms with van der Waals surface area (Å²) >= 11 is 0. The highest BCUT2D eigenvalue weighted by molar-refractivity contribution is 6.07. The van der Waals surface area contributed by atoms with Gasteiger partial charge in [-0.05, 0) is 44.9 Å². The van der Waals surface area contributed by atoms with E-state index in [4.69, 9.17) is 0 Å². The second-order valence-electron chi connectivity index (χ2n) is 6.70. The summed E-state index contributed by atoms with van der Waals surface area (Å²) in [7, 11) is 0. The molecular weight excluding hydrogens is 332 g/mol. The van der Waals surface area contributed by atoms with Crippen LogP contribution in [0.15, 0.2) is 18.2 Å². The lowest BCUT2D eigenvalue weighted by molar-refractivity contribution is -0.133. The van der Waals surface area contributed by atoms with E-state index in [-0.39, 0.29) is 43.4 Å². The third-order valence-electron chi connectivity index (χ3n) is 4.78. The molecule has 2 heterocycles. The quantitative estimate of drug-likeness (QED) is 0.828. The van der Waals surface area contributed by atoms with E-state index >= 15 is 0 Å². The van der Waals surface area contributed by atoms with Gasteiger partial charge in [-0.15, -0.1) is 0 Å². The fourth-order valence-electron chi connectivity index (χ4n) is 3.35. The Labute approximate surface area is 143 Å². The van der Waals surface area contributed by atoms with E-state index in [0.29, 0.717) is 0 Å². The molecule has 134 valence electrons. The van der Waals surface area contributed by atoms with Crippen LogP contribution >= 0.6 is 0 Å². The molecule has 2 fully saturated rings. The monoisotopic (exact) mass is 351 g/mol. The predicted molar refractivity (Wildman–Crippen MR) is 84.7 cm³/mol. The number of nitrogens with zero attached hydrogens (tertiary/aromatic N) is 2. The molecule has 0 atom stereocenters. The largest absolute Gasteiger partial charge is 0.338 e. The smallest absolute Gasteiger partial charge is 0.325 e. The molecule has 0 unspecified atom stereocenters. The number of urea groups is 1. The number of likely N-dealkylation sites (tertiary alicyclic amines) is 1. The van der Waals surface area contributed by atoms with Gasteiger partial charge in [-0.1, -0.05) is 0 Å². The number of carbonyl (C=O) groups excluding carboxylic acids is 3. The maximum atomic E-state index is 13.3. The van der Waals surface area contributed by atoms with Gasteiger partial charge in [0.1, 0.15) is 5.54 Å². The molecule has 2 aliphatic heterocycles. The number of nitrogens with one attached hydrogen (secondary N) is 1. The lowest BCUT2D eigenvalue weighted by Gasteiger charge is -2.37. The molecule has 3 rings (SSSR count). The molecule has 6 nitrogen and oxygen atoms in total. The van der Waals surface area contributed by atoms with E-state index in [9.17, 15) is 23.2 Å². The number of benzene rings is 1. The van der Waals surface area contributed by atoms with E-state index < -0.39 is 29.1 Å². The summed E-state index contributed by atoms with van der Waals surface area (Å²) in [6, 6.07) is 2.35. The van der Waals surface area contributed by atoms with Crippen LogP contribution in [-0.2, 0) is 4.79 Å². The van der Waals surface area contributed by atoms with Gasteiger partial charge in [-0.2, -0.15) is 0 Å². The summed E-state index contributed by atoms with van der Waals surface area (Å²) < 4.78 is 26.3. The molecule has 2 aliphatic rings. The maximum Gasteiger partial charge on any atom is 0.325 e. The van der Waals surface area contributed by atoms with Crippen molar-refractivity contribution in [3.05, 3.63) is 35.4 Å². The van der Waals surface area contributed by atoms with Gasteiger partial charge in [0.2, 0.25) is 0 Å². The van der Waals surface area contributed by atoms with Crippen molar-refractivity contribution >= 4 is 17.8 Å². The number of hydrogen-bond acceptors (Lipinski definition) is 3. The summed E-state index contributed by atoms with van der Waals surface area (Å²) in [5, 5.41) is 2.76. The molecular formula is C17H19F2N3O3. The molecule has 25 heavy (non-hydrogen) atoms. The molecule has 2 saturated heterocycles. The topological polar surface area (TPSA) is 69.7 Å². The summed E-state index contributed by atoms with van der Waals surface area (Å²) in [5.41, 5.74) is -0.924. The zero-order valence-electron chi connectivity index (χ0n) is 14.0. The van der Waals surface area contributed by atoms with Gasteiger partial charge < -0.3 is 10.2 Å². The number of imide groups is 1. The van der Waals surface area contributed by atoms with Crippen molar-refractivity contribution in [2.75, 3.05) is 13.1 Å². The molecule has 1 N–H and O–H groups in total. The molecule has 0 bridgehead atoms. The van der Waals surface area contributed by atoms with Crippen LogP contribution in [0.2, 0.25) is 0 Å². The average Bonchev–Trinajstić information content (AvgIpc) is 2.80. The molecule has 8 heteroatoms. The number of rotatable bonds is 2. The number of carbonyl (C=O) groups is 3. The number of hydrogen-bond donors (Lipinski definition) is 1. The summed E-state index contributed by atoms with van der Waals surface area (Å²) in [5.74, 6) is -2.79. The van der Waals surface area contributed by atoms with Gasteiger partial charge in [0.25, 0.3) is 11.8 Å². The molecule has 0 aliphatic carbocycles. The normalized spacial score (nSPS) is 19.7. The first kappa shape index (κ1) is 17.3. The molecule has 1 spiro atoms. The minimum atomic E-state index is -1.08. The van der Waals surface area contributed by atoms with Crippen LogP contribution in [0.1, 0.15) is 37.0 Å². The molecule has 0 radical (unpaired) electrons. The first-order valence-electron chi connectivity index (χ1n) is 8.15. The Bertz CT molecular complexity index is 743. The molecule has 0 aromatic heterocycles. The SMILES string of the molecule is CC(C)N1C(=O)NC2(CCN(C(=O)c3ccc(F)c(F)c3)CC2)C1=O. The van der Waals surface area contributed by atoms with Crippen molar-refractivity contribution in [2.24, 2.45) is 0 Å². The minimum absolute atomic E-state index is 0.0560. The molecule has 0 saturated carbocycles. The van der Waals surface area contributed by atoms with Crippen molar-refractivity contribution in [3.8, 4) is 0 Å². The van der Waals surface area contributed by atoms with E-state index in [1.807, 2.05) is 0 Å². The first-order chi connectivity index (χ1) is 11.7. The van der Waals surface area contributed by atoms with Crippen molar-refractivity contribution < 1.29 is 23.2 Å². The van der Waals surface area contributed by atoms with Crippen molar-refractivity contribution in [2.45, 2.75) is 38.3 Å². The Morgan fingerprint density at radius 3 is 2.32 bits per heavy atom. The van der Waals surface area contributed by atoms with Crippen LogP contribution in [0.5, 0.6) is 0 Å².